The summed E-state index contributed by atoms with van der Waals surface area (Å²) in [6, 6.07) is 17.7. The fraction of sp³-hybridized carbons (Fsp3) is 0.136. The Balaban J connectivity index is 1.47. The normalized spacial score (nSPS) is 12.2. The monoisotopic (exact) mass is 470 g/mol. The van der Waals surface area contributed by atoms with Gasteiger partial charge in [-0.15, -0.1) is 11.3 Å². The molecular weight excluding hydrogens is 452 g/mol. The van der Waals surface area contributed by atoms with E-state index >= 15 is 0 Å². The lowest BCUT2D eigenvalue weighted by molar-refractivity contribution is 0.584. The van der Waals surface area contributed by atoms with Crippen molar-refractivity contribution in [3.8, 4) is 0 Å². The number of aromatic nitrogens is 3. The maximum Gasteiger partial charge on any atom is 0.287 e. The molecule has 3 aromatic heterocycles. The summed E-state index contributed by atoms with van der Waals surface area (Å²) >= 11 is 7.57. The summed E-state index contributed by atoms with van der Waals surface area (Å²) in [4.78, 5) is 4.73. The van der Waals surface area contributed by atoms with Crippen LogP contribution in [0.4, 0.5) is 0 Å². The van der Waals surface area contributed by atoms with Crippen LogP contribution in [0.3, 0.4) is 0 Å². The van der Waals surface area contributed by atoms with E-state index in [-0.39, 0.29) is 10.2 Å². The molecule has 6 nitrogen and oxygen atoms in total. The summed E-state index contributed by atoms with van der Waals surface area (Å²) in [5.41, 5.74) is 2.80. The molecule has 0 spiro atoms. The van der Waals surface area contributed by atoms with Crippen LogP contribution >= 0.6 is 22.9 Å². The molecule has 0 saturated carbocycles. The van der Waals surface area contributed by atoms with E-state index in [9.17, 15) is 8.42 Å². The van der Waals surface area contributed by atoms with Crippen molar-refractivity contribution < 1.29 is 8.42 Å². The molecule has 9 heteroatoms. The Bertz CT molecular complexity index is 1470. The summed E-state index contributed by atoms with van der Waals surface area (Å²) < 4.78 is 30.0. The van der Waals surface area contributed by atoms with Gasteiger partial charge in [-0.2, -0.15) is 8.42 Å². The first kappa shape index (κ1) is 20.3. The first-order valence-electron chi connectivity index (χ1n) is 9.76. The van der Waals surface area contributed by atoms with Crippen LogP contribution in [-0.4, -0.2) is 28.3 Å². The van der Waals surface area contributed by atoms with Crippen LogP contribution in [-0.2, 0) is 23.0 Å². The highest BCUT2D eigenvalue weighted by Crippen LogP contribution is 2.31. The molecule has 31 heavy (non-hydrogen) atoms. The highest BCUT2D eigenvalue weighted by Gasteiger charge is 2.28. The summed E-state index contributed by atoms with van der Waals surface area (Å²) in [6.45, 7) is 1.49. The molecule has 0 bridgehead atoms. The summed E-state index contributed by atoms with van der Waals surface area (Å²) in [7, 11) is -3.93. The van der Waals surface area contributed by atoms with Gasteiger partial charge in [0.2, 0.25) is 5.03 Å². The standard InChI is InChI=1S/C22H19ClN4O2S2/c23-20-21(26-12-13-30-22(26)25-20)31(28,29)27-15-17(18-8-4-5-9-19(18)27)10-11-24-14-16-6-2-1-3-7-16/h1-9,12-13,15,24H,10-11,14H2. The van der Waals surface area contributed by atoms with Gasteiger partial charge in [0.15, 0.2) is 10.1 Å². The molecule has 1 N–H and O–H groups in total. The van der Waals surface area contributed by atoms with Crippen molar-refractivity contribution in [3.63, 3.8) is 0 Å². The van der Waals surface area contributed by atoms with E-state index in [4.69, 9.17) is 11.6 Å². The van der Waals surface area contributed by atoms with E-state index in [2.05, 4.69) is 22.4 Å². The van der Waals surface area contributed by atoms with Crippen LogP contribution in [0.15, 0.2) is 77.4 Å². The molecule has 158 valence electrons. The second-order valence-electron chi connectivity index (χ2n) is 7.15. The molecule has 2 aromatic carbocycles. The zero-order valence-electron chi connectivity index (χ0n) is 16.4. The number of imidazole rings is 1. The van der Waals surface area contributed by atoms with Crippen LogP contribution in [0.25, 0.3) is 15.9 Å². The maximum absolute atomic E-state index is 13.6. The van der Waals surface area contributed by atoms with E-state index in [1.54, 1.807) is 17.8 Å². The van der Waals surface area contributed by atoms with Gasteiger partial charge in [-0.3, -0.25) is 4.40 Å². The molecule has 0 amide bonds. The molecule has 5 aromatic rings. The van der Waals surface area contributed by atoms with Crippen molar-refractivity contribution >= 4 is 48.8 Å². The Kier molecular flexibility index (Phi) is 5.31. The largest absolute Gasteiger partial charge is 0.312 e. The average molecular weight is 471 g/mol. The fourth-order valence-electron chi connectivity index (χ4n) is 3.73. The van der Waals surface area contributed by atoms with Crippen molar-refractivity contribution in [2.75, 3.05) is 6.54 Å². The van der Waals surface area contributed by atoms with Crippen molar-refractivity contribution in [1.82, 2.24) is 18.7 Å². The molecule has 0 saturated heterocycles. The molecule has 3 heterocycles. The molecule has 5 rings (SSSR count). The number of hydrogen-bond donors (Lipinski definition) is 1. The molecular formula is C22H19ClN4O2S2. The summed E-state index contributed by atoms with van der Waals surface area (Å²) in [6.07, 6.45) is 4.07. The van der Waals surface area contributed by atoms with Gasteiger partial charge in [-0.25, -0.2) is 8.96 Å². The molecule has 0 aliphatic carbocycles. The topological polar surface area (TPSA) is 68.4 Å². The minimum Gasteiger partial charge on any atom is -0.312 e. The smallest absolute Gasteiger partial charge is 0.287 e. The SMILES string of the molecule is O=S(=O)(c1c(Cl)nc2sccn12)n1cc(CCNCc2ccccc2)c2ccccc21. The Morgan fingerprint density at radius 2 is 1.84 bits per heavy atom. The molecule has 0 fully saturated rings. The highest BCUT2D eigenvalue weighted by molar-refractivity contribution is 7.90. The van der Waals surface area contributed by atoms with Gasteiger partial charge >= 0.3 is 0 Å². The van der Waals surface area contributed by atoms with Crippen LogP contribution in [0.5, 0.6) is 0 Å². The van der Waals surface area contributed by atoms with Gasteiger partial charge < -0.3 is 5.32 Å². The fourth-order valence-corrected chi connectivity index (χ4v) is 6.54. The van der Waals surface area contributed by atoms with Gasteiger partial charge in [-0.1, -0.05) is 60.1 Å². The van der Waals surface area contributed by atoms with Gasteiger partial charge in [0, 0.05) is 29.7 Å². The van der Waals surface area contributed by atoms with Gasteiger partial charge in [-0.05, 0) is 30.2 Å². The van der Waals surface area contributed by atoms with Gasteiger partial charge in [0.25, 0.3) is 10.0 Å². The molecule has 0 aliphatic rings. The van der Waals surface area contributed by atoms with Crippen LogP contribution in [0.1, 0.15) is 11.1 Å². The Morgan fingerprint density at radius 1 is 1.06 bits per heavy atom. The van der Waals surface area contributed by atoms with E-state index in [1.165, 1.54) is 25.3 Å². The lowest BCUT2D eigenvalue weighted by atomic mass is 10.1. The third-order valence-electron chi connectivity index (χ3n) is 5.19. The molecule has 0 radical (unpaired) electrons. The highest BCUT2D eigenvalue weighted by atomic mass is 35.5. The molecule has 0 unspecified atom stereocenters. The van der Waals surface area contributed by atoms with Crippen molar-refractivity contribution in [2.45, 2.75) is 18.0 Å². The number of para-hydroxylation sites is 1. The number of hydrogen-bond acceptors (Lipinski definition) is 5. The second kappa shape index (κ2) is 8.12. The van der Waals surface area contributed by atoms with Gasteiger partial charge in [0.05, 0.1) is 5.52 Å². The minimum absolute atomic E-state index is 0.0140. The summed E-state index contributed by atoms with van der Waals surface area (Å²) in [5.74, 6) is 0. The third kappa shape index (κ3) is 3.65. The number of nitrogens with zero attached hydrogens (tertiary/aromatic N) is 3. The number of rotatable bonds is 7. The van der Waals surface area contributed by atoms with E-state index < -0.39 is 10.0 Å². The van der Waals surface area contributed by atoms with Crippen molar-refractivity contribution in [1.29, 1.82) is 0 Å². The number of fused-ring (bicyclic) bond motifs is 2. The number of halogens is 1. The zero-order chi connectivity index (χ0) is 21.4. The predicted octanol–water partition coefficient (Wildman–Crippen LogP) is 4.57. The zero-order valence-corrected chi connectivity index (χ0v) is 18.8. The minimum atomic E-state index is -3.93. The first-order valence-corrected chi connectivity index (χ1v) is 12.5. The van der Waals surface area contributed by atoms with E-state index in [0.717, 1.165) is 24.0 Å². The quantitative estimate of drug-likeness (QED) is 0.354. The lowest BCUT2D eigenvalue weighted by Gasteiger charge is -2.07. The Morgan fingerprint density at radius 3 is 2.68 bits per heavy atom. The molecule has 0 aliphatic heterocycles. The third-order valence-corrected chi connectivity index (χ3v) is 8.02. The van der Waals surface area contributed by atoms with E-state index in [1.807, 2.05) is 42.5 Å². The van der Waals surface area contributed by atoms with Crippen LogP contribution < -0.4 is 5.32 Å². The second-order valence-corrected chi connectivity index (χ2v) is 10.1. The Labute approximate surface area is 188 Å². The van der Waals surface area contributed by atoms with Gasteiger partial charge in [0.1, 0.15) is 0 Å². The maximum atomic E-state index is 13.6. The van der Waals surface area contributed by atoms with Crippen molar-refractivity contribution in [3.05, 3.63) is 88.7 Å². The van der Waals surface area contributed by atoms with Crippen LogP contribution in [0.2, 0.25) is 5.15 Å². The lowest BCUT2D eigenvalue weighted by Crippen LogP contribution is -2.17. The number of benzene rings is 2. The first-order chi connectivity index (χ1) is 15.1. The average Bonchev–Trinajstić information content (AvgIpc) is 3.45. The summed E-state index contributed by atoms with van der Waals surface area (Å²) in [5, 5.41) is 6.09. The van der Waals surface area contributed by atoms with E-state index in [0.29, 0.717) is 16.9 Å². The number of nitrogens with one attached hydrogen (secondary N) is 1. The van der Waals surface area contributed by atoms with Crippen LogP contribution in [0, 0.1) is 0 Å². The predicted molar refractivity (Wildman–Crippen MR) is 124 cm³/mol. The van der Waals surface area contributed by atoms with Crippen molar-refractivity contribution in [2.24, 2.45) is 0 Å². The Hall–Kier alpha value is -2.65. The molecule has 0 atom stereocenters. The number of thiazole rings is 1.